The standard InChI is InChI=1S/C66H34O6/c1-3-7-35(8-4-1)37-11-17-55-43(23-37)49-29-63-51(31-61(49)67-55)45-25-39(13-19-57(45)69-63)41-15-21-59-47(27-41)53-33-66-54(34-65(53)71-59)48-28-42(16-22-60(48)72-66)40-14-20-58-46(26-40)52-32-62-50(30-64(52)70-58)44-24-38(12-18-56(44)68-62)36-9-5-2-6-10-36/h1-34H. The summed E-state index contributed by atoms with van der Waals surface area (Å²) in [5, 5.41) is 12.4. The SMILES string of the molecule is c1ccc(-c2ccc3oc4cc5c(cc4c3c2)oc2ccc(-c3ccc4oc6cc7c(cc6c4c3)oc3ccc(-c4ccc6oc8cc9c(cc8c6c4)oc4ccc(-c6ccccc6)cc49)cc37)cc25)cc1. The summed E-state index contributed by atoms with van der Waals surface area (Å²) >= 11 is 0. The molecule has 0 saturated carbocycles. The van der Waals surface area contributed by atoms with Crippen LogP contribution in [0.5, 0.6) is 0 Å². The maximum atomic E-state index is 6.57. The van der Waals surface area contributed by atoms with Crippen LogP contribution in [0.15, 0.2) is 233 Å². The lowest BCUT2D eigenvalue weighted by Crippen LogP contribution is -1.78. The van der Waals surface area contributed by atoms with Crippen molar-refractivity contribution in [1.29, 1.82) is 0 Å². The minimum Gasteiger partial charge on any atom is -0.456 e. The molecule has 0 aliphatic rings. The van der Waals surface area contributed by atoms with Gasteiger partial charge in [0.2, 0.25) is 0 Å². The summed E-state index contributed by atoms with van der Waals surface area (Å²) in [5.41, 5.74) is 18.9. The van der Waals surface area contributed by atoms with Crippen molar-refractivity contribution in [2.24, 2.45) is 0 Å². The van der Waals surface area contributed by atoms with Crippen LogP contribution in [-0.4, -0.2) is 0 Å². The molecule has 0 saturated heterocycles. The average Bonchev–Trinajstić information content (AvgIpc) is 4.29. The highest BCUT2D eigenvalue weighted by molar-refractivity contribution is 6.19. The van der Waals surface area contributed by atoms with E-state index in [9.17, 15) is 0 Å². The molecule has 0 atom stereocenters. The highest BCUT2D eigenvalue weighted by Crippen LogP contribution is 2.44. The predicted octanol–water partition coefficient (Wildman–Crippen LogP) is 19.8. The molecule has 6 heteroatoms. The fourth-order valence-electron chi connectivity index (χ4n) is 11.5. The molecule has 6 heterocycles. The van der Waals surface area contributed by atoms with Crippen molar-refractivity contribution in [3.05, 3.63) is 206 Å². The molecule has 11 aromatic carbocycles. The van der Waals surface area contributed by atoms with Crippen LogP contribution in [0.4, 0.5) is 0 Å². The van der Waals surface area contributed by atoms with Crippen LogP contribution >= 0.6 is 0 Å². The van der Waals surface area contributed by atoms with Gasteiger partial charge in [0.1, 0.15) is 67.0 Å². The third-order valence-electron chi connectivity index (χ3n) is 15.1. The Morgan fingerprint density at radius 3 is 0.528 bits per heavy atom. The molecule has 17 rings (SSSR count). The van der Waals surface area contributed by atoms with E-state index in [0.29, 0.717) is 0 Å². The van der Waals surface area contributed by atoms with Gasteiger partial charge in [-0.2, -0.15) is 0 Å². The van der Waals surface area contributed by atoms with Crippen molar-refractivity contribution >= 4 is 132 Å². The van der Waals surface area contributed by atoms with Gasteiger partial charge >= 0.3 is 0 Å². The van der Waals surface area contributed by atoms with Crippen LogP contribution in [0.1, 0.15) is 0 Å². The van der Waals surface area contributed by atoms with Crippen molar-refractivity contribution < 1.29 is 26.5 Å². The molecule has 0 aliphatic carbocycles. The molecule has 0 radical (unpaired) electrons. The predicted molar refractivity (Wildman–Crippen MR) is 292 cm³/mol. The van der Waals surface area contributed by atoms with E-state index in [1.807, 2.05) is 12.1 Å². The lowest BCUT2D eigenvalue weighted by molar-refractivity contribution is 0.664. The summed E-state index contributed by atoms with van der Waals surface area (Å²) in [5.74, 6) is 0. The molecule has 0 aliphatic heterocycles. The summed E-state index contributed by atoms with van der Waals surface area (Å²) in [4.78, 5) is 0. The number of rotatable bonds is 4. The summed E-state index contributed by atoms with van der Waals surface area (Å²) in [7, 11) is 0. The first-order valence-corrected chi connectivity index (χ1v) is 24.2. The molecule has 6 aromatic heterocycles. The Bertz CT molecular complexity index is 4820. The Kier molecular flexibility index (Phi) is 7.38. The van der Waals surface area contributed by atoms with Crippen molar-refractivity contribution in [1.82, 2.24) is 0 Å². The fraction of sp³-hybridized carbons (Fsp3) is 0. The summed E-state index contributed by atoms with van der Waals surface area (Å²) in [6, 6.07) is 72.0. The van der Waals surface area contributed by atoms with E-state index >= 15 is 0 Å². The average molecular weight is 923 g/mol. The van der Waals surface area contributed by atoms with Crippen LogP contribution in [0.25, 0.3) is 176 Å². The van der Waals surface area contributed by atoms with Crippen LogP contribution in [-0.2, 0) is 0 Å². The Balaban J connectivity index is 0.722. The first-order valence-electron chi connectivity index (χ1n) is 24.2. The maximum Gasteiger partial charge on any atom is 0.136 e. The lowest BCUT2D eigenvalue weighted by atomic mass is 9.99. The van der Waals surface area contributed by atoms with Gasteiger partial charge < -0.3 is 26.5 Å². The number of hydrogen-bond donors (Lipinski definition) is 0. The molecule has 17 aromatic rings. The fourth-order valence-corrected chi connectivity index (χ4v) is 11.5. The second-order valence-corrected chi connectivity index (χ2v) is 19.1. The zero-order valence-corrected chi connectivity index (χ0v) is 38.1. The third kappa shape index (κ3) is 5.49. The smallest absolute Gasteiger partial charge is 0.136 e. The number of benzene rings is 11. The largest absolute Gasteiger partial charge is 0.456 e. The van der Waals surface area contributed by atoms with Gasteiger partial charge in [-0.05, 0) is 154 Å². The molecule has 0 unspecified atom stereocenters. The van der Waals surface area contributed by atoms with Gasteiger partial charge in [0, 0.05) is 64.6 Å². The topological polar surface area (TPSA) is 78.8 Å². The van der Waals surface area contributed by atoms with Crippen LogP contribution in [0.2, 0.25) is 0 Å². The number of furan rings is 6. The van der Waals surface area contributed by atoms with Gasteiger partial charge in [0.15, 0.2) is 0 Å². The molecule has 72 heavy (non-hydrogen) atoms. The summed E-state index contributed by atoms with van der Waals surface area (Å²) in [6.45, 7) is 0. The normalized spacial score (nSPS) is 12.4. The van der Waals surface area contributed by atoms with Gasteiger partial charge in [0.25, 0.3) is 0 Å². The second kappa shape index (κ2) is 13.9. The monoisotopic (exact) mass is 922 g/mol. The van der Waals surface area contributed by atoms with Crippen LogP contribution < -0.4 is 0 Å². The van der Waals surface area contributed by atoms with Gasteiger partial charge in [-0.25, -0.2) is 0 Å². The van der Waals surface area contributed by atoms with Gasteiger partial charge in [0.05, 0.1) is 0 Å². The highest BCUT2D eigenvalue weighted by atomic mass is 16.4. The van der Waals surface area contributed by atoms with E-state index < -0.39 is 0 Å². The molecule has 0 N–H and O–H groups in total. The minimum absolute atomic E-state index is 0.809. The zero-order chi connectivity index (χ0) is 46.8. The molecule has 0 spiro atoms. The molecule has 0 fully saturated rings. The molecular formula is C66H34O6. The summed E-state index contributed by atoms with van der Waals surface area (Å²) in [6.07, 6.45) is 0. The Morgan fingerprint density at radius 2 is 0.319 bits per heavy atom. The molecular weight excluding hydrogens is 889 g/mol. The maximum absolute atomic E-state index is 6.57. The van der Waals surface area contributed by atoms with E-state index in [2.05, 4.69) is 194 Å². The Labute approximate surface area is 407 Å². The molecule has 0 bridgehead atoms. The molecule has 0 amide bonds. The van der Waals surface area contributed by atoms with E-state index in [1.165, 1.54) is 11.1 Å². The number of hydrogen-bond acceptors (Lipinski definition) is 6. The molecule has 6 nitrogen and oxygen atoms in total. The first kappa shape index (κ1) is 38.1. The summed E-state index contributed by atoms with van der Waals surface area (Å²) < 4.78 is 39.0. The van der Waals surface area contributed by atoms with Gasteiger partial charge in [-0.1, -0.05) is 97.1 Å². The van der Waals surface area contributed by atoms with Crippen LogP contribution in [0.3, 0.4) is 0 Å². The molecule has 334 valence electrons. The quantitative estimate of drug-likeness (QED) is 0.175. The van der Waals surface area contributed by atoms with E-state index in [-0.39, 0.29) is 0 Å². The van der Waals surface area contributed by atoms with E-state index in [4.69, 9.17) is 26.5 Å². The third-order valence-corrected chi connectivity index (χ3v) is 15.1. The van der Waals surface area contributed by atoms with Crippen molar-refractivity contribution in [2.45, 2.75) is 0 Å². The van der Waals surface area contributed by atoms with Crippen LogP contribution in [0, 0.1) is 0 Å². The van der Waals surface area contributed by atoms with Crippen molar-refractivity contribution in [3.8, 4) is 44.5 Å². The first-order chi connectivity index (χ1) is 35.6. The van der Waals surface area contributed by atoms with E-state index in [1.54, 1.807) is 0 Å². The number of fused-ring (bicyclic) bond motifs is 18. The van der Waals surface area contributed by atoms with Gasteiger partial charge in [-0.3, -0.25) is 0 Å². The zero-order valence-electron chi connectivity index (χ0n) is 38.1. The Morgan fingerprint density at radius 1 is 0.139 bits per heavy atom. The second-order valence-electron chi connectivity index (χ2n) is 19.1. The van der Waals surface area contributed by atoms with Crippen molar-refractivity contribution in [3.63, 3.8) is 0 Å². The minimum atomic E-state index is 0.809. The van der Waals surface area contributed by atoms with E-state index in [0.717, 1.165) is 165 Å². The Hall–Kier alpha value is -9.78. The van der Waals surface area contributed by atoms with Gasteiger partial charge in [-0.15, -0.1) is 0 Å². The highest BCUT2D eigenvalue weighted by Gasteiger charge is 2.20. The lowest BCUT2D eigenvalue weighted by Gasteiger charge is -2.02. The van der Waals surface area contributed by atoms with Crippen molar-refractivity contribution in [2.75, 3.05) is 0 Å².